The first-order chi connectivity index (χ1) is 7.72. The third-order valence-electron chi connectivity index (χ3n) is 3.17. The van der Waals surface area contributed by atoms with Gasteiger partial charge in [-0.05, 0) is 32.0 Å². The Labute approximate surface area is 97.1 Å². The molecule has 0 radical (unpaired) electrons. The van der Waals surface area contributed by atoms with Crippen LogP contribution in [-0.4, -0.2) is 31.3 Å². The van der Waals surface area contributed by atoms with Crippen molar-refractivity contribution in [1.29, 1.82) is 0 Å². The molecule has 0 saturated carbocycles. The van der Waals surface area contributed by atoms with Crippen molar-refractivity contribution in [1.82, 2.24) is 5.32 Å². The van der Waals surface area contributed by atoms with Crippen LogP contribution in [0.4, 0.5) is 5.69 Å². The van der Waals surface area contributed by atoms with E-state index in [9.17, 15) is 5.11 Å². The Bertz CT molecular complexity index is 352. The first-order valence-electron chi connectivity index (χ1n) is 5.91. The van der Waals surface area contributed by atoms with E-state index in [1.54, 1.807) is 0 Å². The topological polar surface area (TPSA) is 35.5 Å². The molecule has 2 atom stereocenters. The maximum absolute atomic E-state index is 9.50. The van der Waals surface area contributed by atoms with E-state index in [4.69, 9.17) is 0 Å². The Kier molecular flexibility index (Phi) is 3.46. The van der Waals surface area contributed by atoms with Crippen molar-refractivity contribution in [2.45, 2.75) is 25.5 Å². The van der Waals surface area contributed by atoms with Crippen LogP contribution in [0.15, 0.2) is 24.3 Å². The smallest absolute Gasteiger partial charge is 0.0687 e. The van der Waals surface area contributed by atoms with E-state index in [1.165, 1.54) is 11.3 Å². The molecule has 3 nitrogen and oxygen atoms in total. The van der Waals surface area contributed by atoms with Crippen molar-refractivity contribution in [3.63, 3.8) is 0 Å². The number of anilines is 1. The molecule has 16 heavy (non-hydrogen) atoms. The van der Waals surface area contributed by atoms with Crippen LogP contribution in [0.1, 0.15) is 24.9 Å². The van der Waals surface area contributed by atoms with E-state index in [0.717, 1.165) is 13.0 Å². The Morgan fingerprint density at radius 1 is 1.50 bits per heavy atom. The fraction of sp³-hybridized carbons (Fsp3) is 0.538. The minimum atomic E-state index is -0.279. The predicted molar refractivity (Wildman–Crippen MR) is 66.8 cm³/mol. The first-order valence-corrected chi connectivity index (χ1v) is 5.91. The molecule has 2 unspecified atom stereocenters. The lowest BCUT2D eigenvalue weighted by Crippen LogP contribution is -2.38. The fourth-order valence-electron chi connectivity index (χ4n) is 2.44. The number of fused-ring (bicyclic) bond motifs is 1. The summed E-state index contributed by atoms with van der Waals surface area (Å²) in [5.41, 5.74) is 2.60. The second-order valence-corrected chi connectivity index (χ2v) is 4.48. The van der Waals surface area contributed by atoms with Crippen LogP contribution in [0, 0.1) is 0 Å². The largest absolute Gasteiger partial charge is 0.392 e. The number of nitrogens with one attached hydrogen (secondary N) is 1. The van der Waals surface area contributed by atoms with Crippen molar-refractivity contribution in [2.24, 2.45) is 0 Å². The maximum atomic E-state index is 9.50. The fourth-order valence-corrected chi connectivity index (χ4v) is 2.44. The van der Waals surface area contributed by atoms with Crippen molar-refractivity contribution in [2.75, 3.05) is 25.0 Å². The Hall–Kier alpha value is -1.06. The van der Waals surface area contributed by atoms with Gasteiger partial charge >= 0.3 is 0 Å². The summed E-state index contributed by atoms with van der Waals surface area (Å²) in [7, 11) is 2.01. The Morgan fingerprint density at radius 3 is 2.94 bits per heavy atom. The molecule has 0 aromatic heterocycles. The normalized spacial score (nSPS) is 21.7. The highest BCUT2D eigenvalue weighted by molar-refractivity contribution is 5.57. The lowest BCUT2D eigenvalue weighted by atomic mass is 9.96. The number of β-amino-alcohol motifs (C(OH)–C–C–N with tert-alkyl or cyclic N) is 1. The lowest BCUT2D eigenvalue weighted by Gasteiger charge is -2.36. The van der Waals surface area contributed by atoms with Crippen LogP contribution in [0.25, 0.3) is 0 Å². The monoisotopic (exact) mass is 220 g/mol. The molecule has 0 fully saturated rings. The van der Waals surface area contributed by atoms with Gasteiger partial charge in [-0.25, -0.2) is 0 Å². The molecule has 88 valence electrons. The molecule has 0 amide bonds. The predicted octanol–water partition coefficient (Wildman–Crippen LogP) is 1.54. The SMILES string of the molecule is CNC1CCN(CC(C)O)c2ccccc21. The number of hydrogen-bond acceptors (Lipinski definition) is 3. The average molecular weight is 220 g/mol. The zero-order chi connectivity index (χ0) is 11.5. The number of benzene rings is 1. The molecular formula is C13H20N2O. The number of para-hydroxylation sites is 1. The maximum Gasteiger partial charge on any atom is 0.0687 e. The molecule has 1 aromatic rings. The van der Waals surface area contributed by atoms with E-state index in [0.29, 0.717) is 12.6 Å². The van der Waals surface area contributed by atoms with E-state index in [-0.39, 0.29) is 6.10 Å². The summed E-state index contributed by atoms with van der Waals surface area (Å²) in [6.07, 6.45) is 0.819. The van der Waals surface area contributed by atoms with Gasteiger partial charge < -0.3 is 15.3 Å². The molecule has 0 saturated heterocycles. The number of nitrogens with zero attached hydrogens (tertiary/aromatic N) is 1. The third-order valence-corrected chi connectivity index (χ3v) is 3.17. The van der Waals surface area contributed by atoms with Gasteiger partial charge in [-0.3, -0.25) is 0 Å². The van der Waals surface area contributed by atoms with Crippen molar-refractivity contribution < 1.29 is 5.11 Å². The van der Waals surface area contributed by atoms with Gasteiger partial charge in [0, 0.05) is 24.8 Å². The second kappa shape index (κ2) is 4.85. The van der Waals surface area contributed by atoms with Crippen molar-refractivity contribution >= 4 is 5.69 Å². The molecule has 2 N–H and O–H groups in total. The van der Waals surface area contributed by atoms with Crippen molar-refractivity contribution in [3.05, 3.63) is 29.8 Å². The van der Waals surface area contributed by atoms with Gasteiger partial charge in [-0.15, -0.1) is 0 Å². The molecule has 0 aliphatic carbocycles. The van der Waals surface area contributed by atoms with Crippen molar-refractivity contribution in [3.8, 4) is 0 Å². The van der Waals surface area contributed by atoms with Gasteiger partial charge in [0.15, 0.2) is 0 Å². The van der Waals surface area contributed by atoms with Crippen LogP contribution >= 0.6 is 0 Å². The molecule has 3 heteroatoms. The van der Waals surface area contributed by atoms with Crippen LogP contribution < -0.4 is 10.2 Å². The molecule has 1 heterocycles. The van der Waals surface area contributed by atoms with Gasteiger partial charge in [-0.1, -0.05) is 18.2 Å². The van der Waals surface area contributed by atoms with Crippen LogP contribution in [-0.2, 0) is 0 Å². The van der Waals surface area contributed by atoms with Gasteiger partial charge in [-0.2, -0.15) is 0 Å². The molecule has 0 bridgehead atoms. The van der Waals surface area contributed by atoms with Gasteiger partial charge in [0.25, 0.3) is 0 Å². The summed E-state index contributed by atoms with van der Waals surface area (Å²) in [5.74, 6) is 0. The third kappa shape index (κ3) is 2.20. The van der Waals surface area contributed by atoms with Crippen LogP contribution in [0.3, 0.4) is 0 Å². The van der Waals surface area contributed by atoms with E-state index in [1.807, 2.05) is 14.0 Å². The molecule has 1 aliphatic rings. The van der Waals surface area contributed by atoms with Gasteiger partial charge in [0.05, 0.1) is 6.10 Å². The molecule has 1 aliphatic heterocycles. The Morgan fingerprint density at radius 2 is 2.25 bits per heavy atom. The number of aliphatic hydroxyl groups is 1. The standard InChI is InChI=1S/C13H20N2O/c1-10(16)9-15-8-7-12(14-2)11-5-3-4-6-13(11)15/h3-6,10,12,14,16H,7-9H2,1-2H3. The molecular weight excluding hydrogens is 200 g/mol. The summed E-state index contributed by atoms with van der Waals surface area (Å²) in [5, 5.41) is 12.8. The summed E-state index contributed by atoms with van der Waals surface area (Å²) < 4.78 is 0. The molecule has 0 spiro atoms. The highest BCUT2D eigenvalue weighted by atomic mass is 16.3. The van der Waals surface area contributed by atoms with E-state index < -0.39 is 0 Å². The minimum absolute atomic E-state index is 0.279. The highest BCUT2D eigenvalue weighted by Gasteiger charge is 2.23. The Balaban J connectivity index is 2.27. The summed E-state index contributed by atoms with van der Waals surface area (Å²) in [4.78, 5) is 2.27. The molecule has 1 aromatic carbocycles. The average Bonchev–Trinajstić information content (AvgIpc) is 2.29. The second-order valence-electron chi connectivity index (χ2n) is 4.48. The highest BCUT2D eigenvalue weighted by Crippen LogP contribution is 2.33. The quantitative estimate of drug-likeness (QED) is 0.811. The first kappa shape index (κ1) is 11.4. The van der Waals surface area contributed by atoms with E-state index >= 15 is 0 Å². The minimum Gasteiger partial charge on any atom is -0.392 e. The van der Waals surface area contributed by atoms with Gasteiger partial charge in [0.1, 0.15) is 0 Å². The lowest BCUT2D eigenvalue weighted by molar-refractivity contribution is 0.198. The zero-order valence-corrected chi connectivity index (χ0v) is 9.98. The zero-order valence-electron chi connectivity index (χ0n) is 9.98. The number of aliphatic hydroxyl groups excluding tert-OH is 1. The van der Waals surface area contributed by atoms with Gasteiger partial charge in [0.2, 0.25) is 0 Å². The summed E-state index contributed by atoms with van der Waals surface area (Å²) >= 11 is 0. The number of rotatable bonds is 3. The molecule has 2 rings (SSSR count). The number of hydrogen-bond donors (Lipinski definition) is 2. The van der Waals surface area contributed by atoms with Crippen LogP contribution in [0.5, 0.6) is 0 Å². The summed E-state index contributed by atoms with van der Waals surface area (Å²) in [6, 6.07) is 8.90. The van der Waals surface area contributed by atoms with Crippen LogP contribution in [0.2, 0.25) is 0 Å². The van der Waals surface area contributed by atoms with E-state index in [2.05, 4.69) is 34.5 Å². The summed E-state index contributed by atoms with van der Waals surface area (Å²) in [6.45, 7) is 3.56.